The Kier molecular flexibility index (Phi) is 3.56. The molecule has 0 aliphatic carbocycles. The lowest BCUT2D eigenvalue weighted by Crippen LogP contribution is -2.34. The van der Waals surface area contributed by atoms with Gasteiger partial charge in [0.1, 0.15) is 6.04 Å². The van der Waals surface area contributed by atoms with Crippen LogP contribution in [0.15, 0.2) is 27.2 Å². The van der Waals surface area contributed by atoms with Gasteiger partial charge in [-0.3, -0.25) is 0 Å². The minimum absolute atomic E-state index is 0.0543. The largest absolute Gasteiger partial charge is 0.480 e. The van der Waals surface area contributed by atoms with E-state index in [9.17, 15) is 4.79 Å². The third-order valence-electron chi connectivity index (χ3n) is 2.66. The maximum Gasteiger partial charge on any atom is 0.326 e. The summed E-state index contributed by atoms with van der Waals surface area (Å²) >= 11 is 3.36. The number of halogens is 1. The summed E-state index contributed by atoms with van der Waals surface area (Å²) in [6.07, 6.45) is 0. The second-order valence-corrected chi connectivity index (χ2v) is 5.29. The predicted octanol–water partition coefficient (Wildman–Crippen LogP) is 3.11. The number of aliphatic carboxylic acids is 1. The number of aromatic nitrogens is 1. The van der Waals surface area contributed by atoms with Crippen molar-refractivity contribution in [1.29, 1.82) is 0 Å². The van der Waals surface area contributed by atoms with Crippen LogP contribution in [0.2, 0.25) is 0 Å². The van der Waals surface area contributed by atoms with Crippen molar-refractivity contribution in [3.05, 3.63) is 22.7 Å². The summed E-state index contributed by atoms with van der Waals surface area (Å²) in [6, 6.07) is 4.77. The van der Waals surface area contributed by atoms with E-state index in [0.29, 0.717) is 11.4 Å². The fourth-order valence-electron chi connectivity index (χ4n) is 1.68. The number of nitrogens with one attached hydrogen (secondary N) is 1. The molecule has 96 valence electrons. The minimum Gasteiger partial charge on any atom is -0.480 e. The van der Waals surface area contributed by atoms with Gasteiger partial charge in [-0.15, -0.1) is 0 Å². The van der Waals surface area contributed by atoms with E-state index in [1.54, 1.807) is 6.07 Å². The maximum absolute atomic E-state index is 11.1. The number of carbonyl (C=O) groups is 1. The van der Waals surface area contributed by atoms with Crippen LogP contribution >= 0.6 is 15.9 Å². The zero-order valence-corrected chi connectivity index (χ0v) is 11.6. The second kappa shape index (κ2) is 4.97. The number of carboxylic acids is 1. The quantitative estimate of drug-likeness (QED) is 0.907. The van der Waals surface area contributed by atoms with Gasteiger partial charge in [0.25, 0.3) is 0 Å². The van der Waals surface area contributed by atoms with Gasteiger partial charge in [0, 0.05) is 4.47 Å². The molecule has 0 saturated heterocycles. The normalized spacial score (nSPS) is 12.9. The highest BCUT2D eigenvalue weighted by atomic mass is 79.9. The SMILES string of the molecule is CC(C)[C@H](Nc1noc2ccc(Br)cc12)C(=O)O. The summed E-state index contributed by atoms with van der Waals surface area (Å²) in [5.74, 6) is -0.509. The van der Waals surface area contributed by atoms with Gasteiger partial charge in [-0.05, 0) is 24.1 Å². The van der Waals surface area contributed by atoms with E-state index in [1.807, 2.05) is 26.0 Å². The van der Waals surface area contributed by atoms with Gasteiger partial charge in [0.15, 0.2) is 11.4 Å². The van der Waals surface area contributed by atoms with Crippen molar-refractivity contribution in [2.45, 2.75) is 19.9 Å². The Hall–Kier alpha value is -1.56. The molecule has 1 aromatic carbocycles. The van der Waals surface area contributed by atoms with Crippen LogP contribution in [0, 0.1) is 5.92 Å². The number of anilines is 1. The Balaban J connectivity index is 2.36. The number of carboxylic acid groups (broad SMARTS) is 1. The number of fused-ring (bicyclic) bond motifs is 1. The van der Waals surface area contributed by atoms with Gasteiger partial charge in [-0.25, -0.2) is 4.79 Å². The lowest BCUT2D eigenvalue weighted by atomic mass is 10.0. The molecule has 0 saturated carbocycles. The third kappa shape index (κ3) is 2.48. The molecule has 0 radical (unpaired) electrons. The molecule has 0 aliphatic rings. The smallest absolute Gasteiger partial charge is 0.326 e. The topological polar surface area (TPSA) is 75.4 Å². The molecular formula is C12H13BrN2O3. The van der Waals surface area contributed by atoms with Crippen LogP contribution in [-0.2, 0) is 4.79 Å². The highest BCUT2D eigenvalue weighted by Gasteiger charge is 2.23. The summed E-state index contributed by atoms with van der Waals surface area (Å²) in [4.78, 5) is 11.1. The average molecular weight is 313 g/mol. The van der Waals surface area contributed by atoms with E-state index in [2.05, 4.69) is 26.4 Å². The fourth-order valence-corrected chi connectivity index (χ4v) is 2.04. The molecule has 6 heteroatoms. The van der Waals surface area contributed by atoms with Crippen LogP contribution in [0.25, 0.3) is 11.0 Å². The number of hydrogen-bond donors (Lipinski definition) is 2. The van der Waals surface area contributed by atoms with Crippen molar-refractivity contribution >= 4 is 38.7 Å². The Morgan fingerprint density at radius 3 is 2.83 bits per heavy atom. The zero-order valence-electron chi connectivity index (χ0n) is 9.98. The van der Waals surface area contributed by atoms with E-state index in [1.165, 1.54) is 0 Å². The Morgan fingerprint density at radius 1 is 1.50 bits per heavy atom. The number of benzene rings is 1. The molecule has 1 atom stereocenters. The van der Waals surface area contributed by atoms with Gasteiger partial charge in [-0.1, -0.05) is 34.9 Å². The summed E-state index contributed by atoms with van der Waals surface area (Å²) in [5, 5.41) is 16.7. The average Bonchev–Trinajstić information content (AvgIpc) is 2.67. The first kappa shape index (κ1) is 12.9. The van der Waals surface area contributed by atoms with Gasteiger partial charge < -0.3 is 14.9 Å². The minimum atomic E-state index is -0.906. The standard InChI is InChI=1S/C12H13BrN2O3/c1-6(2)10(12(16)17)14-11-8-5-7(13)3-4-9(8)18-15-11/h3-6,10H,1-2H3,(H,14,15)(H,16,17)/t10-/m0/s1. The fraction of sp³-hybridized carbons (Fsp3) is 0.333. The van der Waals surface area contributed by atoms with Crippen LogP contribution < -0.4 is 5.32 Å². The lowest BCUT2D eigenvalue weighted by Gasteiger charge is -2.17. The van der Waals surface area contributed by atoms with Crippen molar-refractivity contribution in [2.75, 3.05) is 5.32 Å². The van der Waals surface area contributed by atoms with Gasteiger partial charge in [0.2, 0.25) is 0 Å². The maximum atomic E-state index is 11.1. The van der Waals surface area contributed by atoms with Crippen LogP contribution in [0.3, 0.4) is 0 Å². The van der Waals surface area contributed by atoms with Gasteiger partial charge in [0.05, 0.1) is 5.39 Å². The summed E-state index contributed by atoms with van der Waals surface area (Å²) in [7, 11) is 0. The van der Waals surface area contributed by atoms with Crippen molar-refractivity contribution in [1.82, 2.24) is 5.16 Å². The first-order valence-corrected chi connectivity index (χ1v) is 6.32. The third-order valence-corrected chi connectivity index (χ3v) is 3.15. The Bertz CT molecular complexity index is 580. The Morgan fingerprint density at radius 2 is 2.22 bits per heavy atom. The molecule has 0 aliphatic heterocycles. The molecule has 2 aromatic rings. The highest BCUT2D eigenvalue weighted by Crippen LogP contribution is 2.27. The molecule has 0 amide bonds. The van der Waals surface area contributed by atoms with E-state index in [-0.39, 0.29) is 5.92 Å². The first-order chi connectivity index (χ1) is 8.49. The van der Waals surface area contributed by atoms with Crippen LogP contribution in [-0.4, -0.2) is 22.3 Å². The summed E-state index contributed by atoms with van der Waals surface area (Å²) < 4.78 is 6.02. The van der Waals surface area contributed by atoms with Gasteiger partial charge in [-0.2, -0.15) is 0 Å². The van der Waals surface area contributed by atoms with Crippen LogP contribution in [0.5, 0.6) is 0 Å². The molecule has 0 spiro atoms. The number of hydrogen-bond acceptors (Lipinski definition) is 4. The molecule has 1 heterocycles. The Labute approximate surface area is 112 Å². The van der Waals surface area contributed by atoms with E-state index >= 15 is 0 Å². The van der Waals surface area contributed by atoms with Crippen LogP contribution in [0.4, 0.5) is 5.82 Å². The molecule has 0 unspecified atom stereocenters. The molecule has 1 aromatic heterocycles. The number of nitrogens with zero attached hydrogens (tertiary/aromatic N) is 1. The predicted molar refractivity (Wildman–Crippen MR) is 71.6 cm³/mol. The van der Waals surface area contributed by atoms with Crippen LogP contribution in [0.1, 0.15) is 13.8 Å². The molecule has 0 fully saturated rings. The number of rotatable bonds is 4. The molecule has 5 nitrogen and oxygen atoms in total. The monoisotopic (exact) mass is 312 g/mol. The molecule has 2 N–H and O–H groups in total. The zero-order chi connectivity index (χ0) is 13.3. The molecule has 18 heavy (non-hydrogen) atoms. The second-order valence-electron chi connectivity index (χ2n) is 4.38. The lowest BCUT2D eigenvalue weighted by molar-refractivity contribution is -0.138. The molecular weight excluding hydrogens is 300 g/mol. The van der Waals surface area contributed by atoms with Crippen molar-refractivity contribution in [3.63, 3.8) is 0 Å². The first-order valence-electron chi connectivity index (χ1n) is 5.53. The van der Waals surface area contributed by atoms with Gasteiger partial charge >= 0.3 is 5.97 Å². The van der Waals surface area contributed by atoms with Crippen molar-refractivity contribution in [2.24, 2.45) is 5.92 Å². The van der Waals surface area contributed by atoms with Crippen molar-refractivity contribution < 1.29 is 14.4 Å². The summed E-state index contributed by atoms with van der Waals surface area (Å²) in [5.41, 5.74) is 0.619. The van der Waals surface area contributed by atoms with E-state index < -0.39 is 12.0 Å². The van der Waals surface area contributed by atoms with E-state index in [4.69, 9.17) is 9.63 Å². The van der Waals surface area contributed by atoms with Crippen molar-refractivity contribution in [3.8, 4) is 0 Å². The van der Waals surface area contributed by atoms with E-state index in [0.717, 1.165) is 9.86 Å². The summed E-state index contributed by atoms with van der Waals surface area (Å²) in [6.45, 7) is 3.67. The molecule has 2 rings (SSSR count). The highest BCUT2D eigenvalue weighted by molar-refractivity contribution is 9.10. The molecule has 0 bridgehead atoms.